The Morgan fingerprint density at radius 2 is 2.13 bits per heavy atom. The molecule has 2 nitrogen and oxygen atoms in total. The maximum Gasteiger partial charge on any atom is 0.223 e. The summed E-state index contributed by atoms with van der Waals surface area (Å²) < 4.78 is 0. The molecular weight excluding hydrogens is 186 g/mol. The van der Waals surface area contributed by atoms with Crippen molar-refractivity contribution in [3.05, 3.63) is 0 Å². The first-order chi connectivity index (χ1) is 7.27. The predicted octanol–water partition coefficient (Wildman–Crippen LogP) is 2.48. The monoisotopic (exact) mass is 207 g/mol. The molecule has 84 valence electrons. The summed E-state index contributed by atoms with van der Waals surface area (Å²) >= 11 is 0. The van der Waals surface area contributed by atoms with Crippen LogP contribution in [0.1, 0.15) is 51.9 Å². The van der Waals surface area contributed by atoms with Gasteiger partial charge < -0.3 is 5.32 Å². The van der Waals surface area contributed by atoms with E-state index in [0.29, 0.717) is 6.42 Å². The fourth-order valence-electron chi connectivity index (χ4n) is 2.12. The van der Waals surface area contributed by atoms with Crippen molar-refractivity contribution in [2.45, 2.75) is 57.9 Å². The maximum atomic E-state index is 11.9. The van der Waals surface area contributed by atoms with E-state index in [9.17, 15) is 4.79 Å². The van der Waals surface area contributed by atoms with E-state index in [0.717, 1.165) is 19.3 Å². The molecule has 0 aliphatic heterocycles. The minimum atomic E-state index is 0.171. The second-order valence-electron chi connectivity index (χ2n) is 4.36. The molecule has 0 spiro atoms. The third-order valence-electron chi connectivity index (χ3n) is 3.18. The summed E-state index contributed by atoms with van der Waals surface area (Å²) in [5.41, 5.74) is 0. The average molecular weight is 207 g/mol. The van der Waals surface area contributed by atoms with Gasteiger partial charge in [0.25, 0.3) is 0 Å². The second kappa shape index (κ2) is 6.50. The van der Waals surface area contributed by atoms with E-state index < -0.39 is 0 Å². The van der Waals surface area contributed by atoms with Crippen LogP contribution >= 0.6 is 0 Å². The van der Waals surface area contributed by atoms with Crippen LogP contribution in [0.4, 0.5) is 0 Å². The molecule has 0 saturated heterocycles. The van der Waals surface area contributed by atoms with E-state index in [2.05, 4.69) is 18.2 Å². The van der Waals surface area contributed by atoms with E-state index in [1.54, 1.807) is 0 Å². The molecule has 0 heterocycles. The van der Waals surface area contributed by atoms with E-state index in [4.69, 9.17) is 6.42 Å². The first kappa shape index (κ1) is 12.1. The van der Waals surface area contributed by atoms with Gasteiger partial charge in [-0.3, -0.25) is 4.79 Å². The lowest BCUT2D eigenvalue weighted by Crippen LogP contribution is -2.39. The highest BCUT2D eigenvalue weighted by molar-refractivity contribution is 5.79. The number of rotatable bonds is 4. The molecule has 0 radical (unpaired) electrons. The van der Waals surface area contributed by atoms with Crippen molar-refractivity contribution < 1.29 is 4.79 Å². The molecule has 0 aromatic rings. The lowest BCUT2D eigenvalue weighted by molar-refractivity contribution is -0.126. The van der Waals surface area contributed by atoms with Crippen molar-refractivity contribution in [2.24, 2.45) is 5.92 Å². The van der Waals surface area contributed by atoms with Crippen LogP contribution in [0.15, 0.2) is 0 Å². The highest BCUT2D eigenvalue weighted by atomic mass is 16.1. The van der Waals surface area contributed by atoms with Gasteiger partial charge in [0.2, 0.25) is 5.91 Å². The van der Waals surface area contributed by atoms with Crippen molar-refractivity contribution in [2.75, 3.05) is 0 Å². The first-order valence-corrected chi connectivity index (χ1v) is 6.01. The van der Waals surface area contributed by atoms with Crippen LogP contribution in [-0.2, 0) is 4.79 Å². The number of hydrogen-bond donors (Lipinski definition) is 1. The van der Waals surface area contributed by atoms with Gasteiger partial charge in [0.15, 0.2) is 0 Å². The molecule has 0 bridgehead atoms. The van der Waals surface area contributed by atoms with E-state index in [1.807, 2.05) is 0 Å². The molecule has 1 aliphatic carbocycles. The Kier molecular flexibility index (Phi) is 5.25. The van der Waals surface area contributed by atoms with Crippen molar-refractivity contribution in [1.29, 1.82) is 0 Å². The van der Waals surface area contributed by atoms with Crippen LogP contribution in [-0.4, -0.2) is 11.9 Å². The fraction of sp³-hybridized carbons (Fsp3) is 0.769. The Morgan fingerprint density at radius 1 is 1.47 bits per heavy atom. The van der Waals surface area contributed by atoms with Crippen LogP contribution in [0.2, 0.25) is 0 Å². The SMILES string of the molecule is C#CCC(CC)NC(=O)C1CCCCC1. The molecule has 0 aromatic carbocycles. The Bertz CT molecular complexity index is 235. The number of nitrogens with one attached hydrogen (secondary N) is 1. The minimum Gasteiger partial charge on any atom is -0.352 e. The summed E-state index contributed by atoms with van der Waals surface area (Å²) in [5.74, 6) is 3.07. The number of amides is 1. The molecule has 1 fully saturated rings. The second-order valence-corrected chi connectivity index (χ2v) is 4.36. The van der Waals surface area contributed by atoms with Gasteiger partial charge in [0, 0.05) is 18.4 Å². The summed E-state index contributed by atoms with van der Waals surface area (Å²) in [6, 6.07) is 0.171. The van der Waals surface area contributed by atoms with Gasteiger partial charge >= 0.3 is 0 Å². The van der Waals surface area contributed by atoms with Gasteiger partial charge in [0.05, 0.1) is 0 Å². The highest BCUT2D eigenvalue weighted by Gasteiger charge is 2.22. The van der Waals surface area contributed by atoms with Crippen LogP contribution < -0.4 is 5.32 Å². The molecule has 1 saturated carbocycles. The quantitative estimate of drug-likeness (QED) is 0.705. The highest BCUT2D eigenvalue weighted by Crippen LogP contribution is 2.23. The van der Waals surface area contributed by atoms with Crippen LogP contribution in [0.5, 0.6) is 0 Å². The number of terminal acetylenes is 1. The summed E-state index contributed by atoms with van der Waals surface area (Å²) in [5, 5.41) is 3.06. The van der Waals surface area contributed by atoms with Crippen LogP contribution in [0.25, 0.3) is 0 Å². The number of hydrogen-bond acceptors (Lipinski definition) is 1. The Morgan fingerprint density at radius 3 is 2.67 bits per heavy atom. The third-order valence-corrected chi connectivity index (χ3v) is 3.18. The number of carbonyl (C=O) groups excluding carboxylic acids is 1. The Labute approximate surface area is 92.8 Å². The predicted molar refractivity (Wildman–Crippen MR) is 62.2 cm³/mol. The molecule has 15 heavy (non-hydrogen) atoms. The lowest BCUT2D eigenvalue weighted by Gasteiger charge is -2.23. The van der Waals surface area contributed by atoms with E-state index in [-0.39, 0.29) is 17.9 Å². The largest absolute Gasteiger partial charge is 0.352 e. The molecule has 1 unspecified atom stereocenters. The zero-order valence-electron chi connectivity index (χ0n) is 9.59. The molecular formula is C13H21NO. The first-order valence-electron chi connectivity index (χ1n) is 6.01. The molecule has 1 rings (SSSR count). The van der Waals surface area contributed by atoms with E-state index >= 15 is 0 Å². The molecule has 2 heteroatoms. The zero-order chi connectivity index (χ0) is 11.1. The molecule has 1 amide bonds. The summed E-state index contributed by atoms with van der Waals surface area (Å²) in [6.07, 6.45) is 12.6. The Balaban J connectivity index is 2.35. The molecule has 1 aliphatic rings. The van der Waals surface area contributed by atoms with Gasteiger partial charge in [-0.2, -0.15) is 0 Å². The maximum absolute atomic E-state index is 11.9. The van der Waals surface area contributed by atoms with E-state index in [1.165, 1.54) is 19.3 Å². The summed E-state index contributed by atoms with van der Waals surface area (Å²) in [4.78, 5) is 11.9. The van der Waals surface area contributed by atoms with Crippen molar-refractivity contribution in [3.8, 4) is 12.3 Å². The van der Waals surface area contributed by atoms with Crippen molar-refractivity contribution in [1.82, 2.24) is 5.32 Å². The molecule has 0 aromatic heterocycles. The van der Waals surface area contributed by atoms with Crippen molar-refractivity contribution >= 4 is 5.91 Å². The molecule has 1 N–H and O–H groups in total. The lowest BCUT2D eigenvalue weighted by atomic mass is 9.88. The fourth-order valence-corrected chi connectivity index (χ4v) is 2.12. The normalized spacial score (nSPS) is 19.2. The van der Waals surface area contributed by atoms with Gasteiger partial charge in [0.1, 0.15) is 0 Å². The topological polar surface area (TPSA) is 29.1 Å². The van der Waals surface area contributed by atoms with Gasteiger partial charge in [-0.05, 0) is 19.3 Å². The Hall–Kier alpha value is -0.970. The summed E-state index contributed by atoms with van der Waals surface area (Å²) in [7, 11) is 0. The van der Waals surface area contributed by atoms with Gasteiger partial charge in [-0.15, -0.1) is 12.3 Å². The third kappa shape index (κ3) is 3.95. The van der Waals surface area contributed by atoms with Crippen molar-refractivity contribution in [3.63, 3.8) is 0 Å². The molecule has 1 atom stereocenters. The van der Waals surface area contributed by atoms with Crippen LogP contribution in [0, 0.1) is 18.3 Å². The number of carbonyl (C=O) groups is 1. The zero-order valence-corrected chi connectivity index (χ0v) is 9.59. The standard InChI is InChI=1S/C13H21NO/c1-3-8-12(4-2)14-13(15)11-9-6-5-7-10-11/h1,11-12H,4-10H2,2H3,(H,14,15). The minimum absolute atomic E-state index is 0.171. The smallest absolute Gasteiger partial charge is 0.223 e. The van der Waals surface area contributed by atoms with Gasteiger partial charge in [-0.25, -0.2) is 0 Å². The summed E-state index contributed by atoms with van der Waals surface area (Å²) in [6.45, 7) is 2.06. The van der Waals surface area contributed by atoms with Gasteiger partial charge in [-0.1, -0.05) is 26.2 Å². The average Bonchev–Trinajstić information content (AvgIpc) is 2.29. The van der Waals surface area contributed by atoms with Crippen LogP contribution in [0.3, 0.4) is 0 Å².